The summed E-state index contributed by atoms with van der Waals surface area (Å²) in [6, 6.07) is -0.0872. The Bertz CT molecular complexity index is 516. The van der Waals surface area contributed by atoms with Crippen LogP contribution in [0.15, 0.2) is 0 Å². The van der Waals surface area contributed by atoms with Gasteiger partial charge in [-0.15, -0.1) is 0 Å². The zero-order valence-electron chi connectivity index (χ0n) is 17.0. The predicted molar refractivity (Wildman–Crippen MR) is 104 cm³/mol. The maximum Gasteiger partial charge on any atom is 0.323 e. The van der Waals surface area contributed by atoms with Crippen LogP contribution in [0.5, 0.6) is 0 Å². The highest BCUT2D eigenvalue weighted by Gasteiger charge is 2.31. The number of carboxylic acid groups (broad SMARTS) is 1. The Morgan fingerprint density at radius 3 is 2.37 bits per heavy atom. The first-order chi connectivity index (χ1) is 12.9. The van der Waals surface area contributed by atoms with Gasteiger partial charge in [0.2, 0.25) is 11.8 Å². The Hall–Kier alpha value is -1.59. The summed E-state index contributed by atoms with van der Waals surface area (Å²) in [6.07, 6.45) is 10.4. The van der Waals surface area contributed by atoms with E-state index in [9.17, 15) is 14.4 Å². The van der Waals surface area contributed by atoms with E-state index in [1.807, 2.05) is 4.90 Å². The van der Waals surface area contributed by atoms with Gasteiger partial charge in [-0.2, -0.15) is 0 Å². The van der Waals surface area contributed by atoms with E-state index in [1.54, 1.807) is 0 Å². The third kappa shape index (κ3) is 6.51. The minimum Gasteiger partial charge on any atom is -0.480 e. The molecule has 1 saturated heterocycles. The van der Waals surface area contributed by atoms with E-state index in [2.05, 4.69) is 6.92 Å². The molecule has 0 aromatic rings. The molecule has 0 aromatic carbocycles. The van der Waals surface area contributed by atoms with Crippen LogP contribution in [-0.2, 0) is 14.4 Å². The molecule has 2 amide bonds. The topological polar surface area (TPSA) is 77.9 Å². The first-order valence-corrected chi connectivity index (χ1v) is 10.7. The summed E-state index contributed by atoms with van der Waals surface area (Å²) in [6.45, 7) is 4.66. The number of carboxylic acids is 1. The molecular formula is C21H36N2O4. The van der Waals surface area contributed by atoms with Crippen molar-refractivity contribution in [3.8, 4) is 0 Å². The van der Waals surface area contributed by atoms with Gasteiger partial charge < -0.3 is 14.9 Å². The largest absolute Gasteiger partial charge is 0.480 e. The molecule has 1 aliphatic heterocycles. The molecule has 1 N–H and O–H groups in total. The van der Waals surface area contributed by atoms with Crippen molar-refractivity contribution < 1.29 is 19.5 Å². The second-order valence-corrected chi connectivity index (χ2v) is 8.32. The van der Waals surface area contributed by atoms with Crippen LogP contribution >= 0.6 is 0 Å². The lowest BCUT2D eigenvalue weighted by atomic mass is 9.89. The van der Waals surface area contributed by atoms with Gasteiger partial charge >= 0.3 is 5.97 Å². The summed E-state index contributed by atoms with van der Waals surface area (Å²) < 4.78 is 0. The van der Waals surface area contributed by atoms with Crippen LogP contribution < -0.4 is 0 Å². The van der Waals surface area contributed by atoms with Crippen molar-refractivity contribution >= 4 is 17.8 Å². The highest BCUT2D eigenvalue weighted by Crippen LogP contribution is 2.33. The third-order valence-corrected chi connectivity index (χ3v) is 6.24. The molecule has 1 saturated carbocycles. The minimum atomic E-state index is -0.984. The Morgan fingerprint density at radius 2 is 1.78 bits per heavy atom. The number of hydrogen-bond acceptors (Lipinski definition) is 3. The molecule has 0 radical (unpaired) electrons. The van der Waals surface area contributed by atoms with E-state index in [1.165, 1.54) is 37.5 Å². The van der Waals surface area contributed by atoms with Crippen molar-refractivity contribution in [1.29, 1.82) is 0 Å². The third-order valence-electron chi connectivity index (χ3n) is 6.24. The van der Waals surface area contributed by atoms with Crippen LogP contribution in [0.1, 0.15) is 78.1 Å². The van der Waals surface area contributed by atoms with E-state index in [0.29, 0.717) is 18.9 Å². The first kappa shape index (κ1) is 21.7. The van der Waals surface area contributed by atoms with Crippen LogP contribution in [0.2, 0.25) is 0 Å². The zero-order chi connectivity index (χ0) is 19.8. The Morgan fingerprint density at radius 1 is 1.07 bits per heavy atom. The normalized spacial score (nSPS) is 22.3. The number of carbonyl (C=O) groups excluding carboxylic acids is 2. The van der Waals surface area contributed by atoms with Crippen molar-refractivity contribution in [2.24, 2.45) is 11.8 Å². The molecule has 0 bridgehead atoms. The summed E-state index contributed by atoms with van der Waals surface area (Å²) >= 11 is 0. The molecule has 6 heteroatoms. The number of likely N-dealkylation sites (tertiary alicyclic amines) is 1. The summed E-state index contributed by atoms with van der Waals surface area (Å²) in [4.78, 5) is 39.6. The number of rotatable bonds is 8. The molecule has 27 heavy (non-hydrogen) atoms. The second-order valence-electron chi connectivity index (χ2n) is 8.32. The molecular weight excluding hydrogens is 344 g/mol. The molecule has 6 nitrogen and oxygen atoms in total. The number of nitrogens with zero attached hydrogens (tertiary/aromatic N) is 2. The first-order valence-electron chi connectivity index (χ1n) is 10.7. The number of aliphatic carboxylic acids is 1. The fourth-order valence-electron chi connectivity index (χ4n) is 4.85. The summed E-state index contributed by atoms with van der Waals surface area (Å²) in [5.74, 6) is -0.0854. The number of hydrogen-bond donors (Lipinski definition) is 1. The van der Waals surface area contributed by atoms with Crippen LogP contribution in [0.25, 0.3) is 0 Å². The highest BCUT2D eigenvalue weighted by atomic mass is 16.4. The molecule has 2 atom stereocenters. The fourth-order valence-corrected chi connectivity index (χ4v) is 4.85. The van der Waals surface area contributed by atoms with E-state index in [-0.39, 0.29) is 30.3 Å². The van der Waals surface area contributed by atoms with E-state index >= 15 is 0 Å². The quantitative estimate of drug-likeness (QED) is 0.701. The minimum absolute atomic E-state index is 0.0872. The molecule has 1 heterocycles. The number of amides is 2. The van der Waals surface area contributed by atoms with Gasteiger partial charge in [-0.25, -0.2) is 0 Å². The maximum absolute atomic E-state index is 13.2. The molecule has 2 unspecified atom stereocenters. The van der Waals surface area contributed by atoms with Crippen LogP contribution in [0.4, 0.5) is 0 Å². The molecule has 0 spiro atoms. The second kappa shape index (κ2) is 10.7. The molecule has 1 aliphatic carbocycles. The summed E-state index contributed by atoms with van der Waals surface area (Å²) in [5.41, 5.74) is 0. The predicted octanol–water partition coefficient (Wildman–Crippen LogP) is 3.30. The lowest BCUT2D eigenvalue weighted by Crippen LogP contribution is -2.43. The standard InChI is InChI=1S/C21H36N2O4/c1-3-7-18(14-17-8-4-5-9-17)21(27)22-12-6-10-19(11-13-22)23(16(2)24)15-20(25)26/h17-19H,3-15H2,1-2H3,(H,25,26). The molecule has 2 rings (SSSR count). The van der Waals surface area contributed by atoms with Crippen molar-refractivity contribution in [3.05, 3.63) is 0 Å². The van der Waals surface area contributed by atoms with Gasteiger partial charge in [0.05, 0.1) is 0 Å². The van der Waals surface area contributed by atoms with Crippen LogP contribution in [-0.4, -0.2) is 58.4 Å². The lowest BCUT2D eigenvalue weighted by molar-refractivity contribution is -0.145. The van der Waals surface area contributed by atoms with Crippen LogP contribution in [0.3, 0.4) is 0 Å². The molecule has 0 aromatic heterocycles. The van der Waals surface area contributed by atoms with Gasteiger partial charge in [0.1, 0.15) is 6.54 Å². The number of carbonyl (C=O) groups is 3. The van der Waals surface area contributed by atoms with Gasteiger partial charge in [0.15, 0.2) is 0 Å². The average molecular weight is 381 g/mol. The van der Waals surface area contributed by atoms with Crippen molar-refractivity contribution in [2.75, 3.05) is 19.6 Å². The van der Waals surface area contributed by atoms with E-state index in [0.717, 1.165) is 38.6 Å². The Balaban J connectivity index is 1.96. The van der Waals surface area contributed by atoms with Gasteiger partial charge in [-0.05, 0) is 38.0 Å². The van der Waals surface area contributed by atoms with Crippen molar-refractivity contribution in [2.45, 2.75) is 84.1 Å². The smallest absolute Gasteiger partial charge is 0.323 e. The Labute approximate surface area is 163 Å². The van der Waals surface area contributed by atoms with Gasteiger partial charge in [0.25, 0.3) is 0 Å². The van der Waals surface area contributed by atoms with Gasteiger partial charge in [-0.1, -0.05) is 39.0 Å². The highest BCUT2D eigenvalue weighted by molar-refractivity contribution is 5.80. The Kier molecular flexibility index (Phi) is 8.58. The summed E-state index contributed by atoms with van der Waals surface area (Å²) in [7, 11) is 0. The molecule has 154 valence electrons. The SMILES string of the molecule is CCCC(CC1CCCC1)C(=O)N1CCCC(N(CC(=O)O)C(C)=O)CC1. The maximum atomic E-state index is 13.2. The average Bonchev–Trinajstić information content (AvgIpc) is 3.01. The molecule has 2 fully saturated rings. The zero-order valence-corrected chi connectivity index (χ0v) is 17.0. The van der Waals surface area contributed by atoms with Crippen LogP contribution in [0, 0.1) is 11.8 Å². The van der Waals surface area contributed by atoms with E-state index in [4.69, 9.17) is 5.11 Å². The fraction of sp³-hybridized carbons (Fsp3) is 0.857. The van der Waals surface area contributed by atoms with Gasteiger partial charge in [0, 0.05) is 32.0 Å². The van der Waals surface area contributed by atoms with E-state index < -0.39 is 5.97 Å². The summed E-state index contributed by atoms with van der Waals surface area (Å²) in [5, 5.41) is 9.08. The van der Waals surface area contributed by atoms with Gasteiger partial charge in [-0.3, -0.25) is 14.4 Å². The van der Waals surface area contributed by atoms with Crippen molar-refractivity contribution in [1.82, 2.24) is 9.80 Å². The molecule has 2 aliphatic rings. The lowest BCUT2D eigenvalue weighted by Gasteiger charge is -2.30. The van der Waals surface area contributed by atoms with Crippen molar-refractivity contribution in [3.63, 3.8) is 0 Å². The monoisotopic (exact) mass is 380 g/mol.